The van der Waals surface area contributed by atoms with Crippen molar-refractivity contribution < 1.29 is 13.3 Å². The maximum Gasteiger partial charge on any atom is 0.178 e. The van der Waals surface area contributed by atoms with Gasteiger partial charge in [0.1, 0.15) is 6.63 Å². The fraction of sp³-hybridized carbons (Fsp3) is 1.00. The van der Waals surface area contributed by atoms with Crippen LogP contribution in [0.5, 0.6) is 0 Å². The summed E-state index contributed by atoms with van der Waals surface area (Å²) in [5.41, 5.74) is 0.0688. The summed E-state index contributed by atoms with van der Waals surface area (Å²) in [5, 5.41) is 0. The van der Waals surface area contributed by atoms with E-state index in [0.29, 0.717) is 0 Å². The fourth-order valence-electron chi connectivity index (χ4n) is 8.44. The first-order chi connectivity index (χ1) is 14.1. The van der Waals surface area contributed by atoms with E-state index in [0.717, 1.165) is 0 Å². The van der Waals surface area contributed by atoms with Crippen molar-refractivity contribution in [3.63, 3.8) is 0 Å². The molecule has 0 aromatic rings. The average molecular weight is 501 g/mol. The van der Waals surface area contributed by atoms with E-state index < -0.39 is 30.1 Å². The first kappa shape index (κ1) is 26.4. The van der Waals surface area contributed by atoms with E-state index >= 15 is 0 Å². The molecule has 0 amide bonds. The topological polar surface area (TPSA) is 27.7 Å². The van der Waals surface area contributed by atoms with Gasteiger partial charge in [0.15, 0.2) is 23.5 Å². The molecule has 0 aromatic carbocycles. The minimum Gasteiger partial charge on any atom is -0.415 e. The SMILES string of the molecule is CCC[Si]([Si]1(C)CCCC(C)(C)O1)([Si]1(C)CCCC(C)(C)O1)[Si]1(C)CCCC(C)(C)O1. The summed E-state index contributed by atoms with van der Waals surface area (Å²) in [5.74, 6) is 0. The Morgan fingerprint density at radius 3 is 1.13 bits per heavy atom. The molecule has 0 aliphatic carbocycles. The number of hydrogen-bond acceptors (Lipinski definition) is 3. The monoisotopic (exact) mass is 500 g/mol. The summed E-state index contributed by atoms with van der Waals surface area (Å²) in [6.07, 6.45) is 8.93. The van der Waals surface area contributed by atoms with Gasteiger partial charge in [-0.15, -0.1) is 0 Å². The highest BCUT2D eigenvalue weighted by Gasteiger charge is 2.76. The van der Waals surface area contributed by atoms with Crippen molar-refractivity contribution in [2.45, 2.75) is 154 Å². The van der Waals surface area contributed by atoms with E-state index in [1.807, 2.05) is 0 Å². The van der Waals surface area contributed by atoms with Crippen LogP contribution in [0, 0.1) is 0 Å². The lowest BCUT2D eigenvalue weighted by Crippen LogP contribution is -2.91. The molecule has 3 atom stereocenters. The molecule has 0 spiro atoms. The van der Waals surface area contributed by atoms with Crippen LogP contribution in [0.1, 0.15) is 93.4 Å². The van der Waals surface area contributed by atoms with Crippen molar-refractivity contribution in [3.8, 4) is 0 Å². The standard InChI is InChI=1S/C24H52O3Si4/c1-11-18-31(28(8)19-12-15-22(2,3)25-28,29(9)20-13-16-23(4,5)26-29)30(10)21-14-17-24(6,7)27-30/h11-21H2,1-10H3. The Labute approximate surface area is 197 Å². The van der Waals surface area contributed by atoms with Gasteiger partial charge in [0.2, 0.25) is 0 Å². The van der Waals surface area contributed by atoms with E-state index in [1.54, 1.807) is 0 Å². The van der Waals surface area contributed by atoms with Crippen LogP contribution in [0.3, 0.4) is 0 Å². The van der Waals surface area contributed by atoms with E-state index in [9.17, 15) is 0 Å². The van der Waals surface area contributed by atoms with Crippen LogP contribution in [-0.4, -0.2) is 46.9 Å². The lowest BCUT2D eigenvalue weighted by molar-refractivity contribution is 0.0679. The molecule has 7 heteroatoms. The summed E-state index contributed by atoms with van der Waals surface area (Å²) < 4.78 is 22.4. The van der Waals surface area contributed by atoms with Crippen molar-refractivity contribution in [1.82, 2.24) is 0 Å². The molecule has 3 fully saturated rings. The van der Waals surface area contributed by atoms with Crippen LogP contribution < -0.4 is 0 Å². The van der Waals surface area contributed by atoms with E-state index in [1.165, 1.54) is 69.1 Å². The Kier molecular flexibility index (Phi) is 7.18. The molecule has 3 heterocycles. The van der Waals surface area contributed by atoms with Crippen LogP contribution in [0.25, 0.3) is 0 Å². The molecule has 0 aromatic heterocycles. The third-order valence-electron chi connectivity index (χ3n) is 9.14. The van der Waals surface area contributed by atoms with Crippen molar-refractivity contribution in [3.05, 3.63) is 0 Å². The van der Waals surface area contributed by atoms with Gasteiger partial charge in [-0.1, -0.05) is 38.7 Å². The molecular weight excluding hydrogens is 449 g/mol. The molecule has 31 heavy (non-hydrogen) atoms. The minimum atomic E-state index is -2.00. The normalized spacial score (nSPS) is 42.0. The molecule has 3 rings (SSSR count). The molecule has 3 unspecified atom stereocenters. The van der Waals surface area contributed by atoms with Crippen LogP contribution in [0.15, 0.2) is 0 Å². The lowest BCUT2D eigenvalue weighted by Gasteiger charge is -2.66. The maximum atomic E-state index is 7.46. The summed E-state index contributed by atoms with van der Waals surface area (Å²) in [6.45, 7) is 22.7. The van der Waals surface area contributed by atoms with E-state index in [2.05, 4.69) is 68.1 Å². The lowest BCUT2D eigenvalue weighted by atomic mass is 10.0. The second-order valence-electron chi connectivity index (χ2n) is 13.5. The van der Waals surface area contributed by atoms with Crippen molar-refractivity contribution in [2.24, 2.45) is 0 Å². The highest BCUT2D eigenvalue weighted by Crippen LogP contribution is 2.55. The summed E-state index contributed by atoms with van der Waals surface area (Å²) in [4.78, 5) is 0. The highest BCUT2D eigenvalue weighted by atomic mass is 29.9. The van der Waals surface area contributed by atoms with Crippen LogP contribution in [-0.2, 0) is 13.3 Å². The van der Waals surface area contributed by atoms with Gasteiger partial charge in [-0.3, -0.25) is 0 Å². The number of hydrogen-bond donors (Lipinski definition) is 0. The summed E-state index contributed by atoms with van der Waals surface area (Å²) in [7, 11) is -6.01. The summed E-state index contributed by atoms with van der Waals surface area (Å²) >= 11 is 0. The van der Waals surface area contributed by atoms with Gasteiger partial charge in [-0.2, -0.15) is 0 Å². The van der Waals surface area contributed by atoms with Gasteiger partial charge in [0.25, 0.3) is 0 Å². The van der Waals surface area contributed by atoms with Crippen LogP contribution in [0.2, 0.25) is 43.8 Å². The molecule has 0 saturated carbocycles. The van der Waals surface area contributed by atoms with Gasteiger partial charge in [0, 0.05) is 0 Å². The van der Waals surface area contributed by atoms with Crippen molar-refractivity contribution >= 4 is 30.1 Å². The zero-order valence-electron chi connectivity index (χ0n) is 22.5. The van der Waals surface area contributed by atoms with Crippen molar-refractivity contribution in [1.29, 1.82) is 0 Å². The van der Waals surface area contributed by atoms with Gasteiger partial charge >= 0.3 is 0 Å². The zero-order valence-corrected chi connectivity index (χ0v) is 26.5. The van der Waals surface area contributed by atoms with E-state index in [4.69, 9.17) is 13.3 Å². The minimum absolute atomic E-state index is 0.0229. The zero-order chi connectivity index (χ0) is 23.4. The highest BCUT2D eigenvalue weighted by molar-refractivity contribution is 7.87. The Bertz CT molecular complexity index is 584. The predicted octanol–water partition coefficient (Wildman–Crippen LogP) is 7.57. The Morgan fingerprint density at radius 1 is 0.613 bits per heavy atom. The quantitative estimate of drug-likeness (QED) is 0.364. The van der Waals surface area contributed by atoms with E-state index in [-0.39, 0.29) is 16.8 Å². The third-order valence-corrected chi connectivity index (χ3v) is 73.0. The molecular formula is C24H52O3Si4. The maximum absolute atomic E-state index is 7.46. The molecule has 0 N–H and O–H groups in total. The smallest absolute Gasteiger partial charge is 0.178 e. The Hall–Kier alpha value is 0.748. The Morgan fingerprint density at radius 2 is 0.903 bits per heavy atom. The first-order valence-electron chi connectivity index (χ1n) is 13.2. The van der Waals surface area contributed by atoms with Crippen molar-refractivity contribution in [2.75, 3.05) is 0 Å². The molecule has 3 aliphatic rings. The molecule has 0 bridgehead atoms. The van der Waals surface area contributed by atoms with Crippen LogP contribution >= 0.6 is 0 Å². The van der Waals surface area contributed by atoms with Gasteiger partial charge in [-0.25, -0.2) is 0 Å². The average Bonchev–Trinajstić information content (AvgIpc) is 2.55. The second-order valence-corrected chi connectivity index (χ2v) is 47.0. The first-order valence-corrected chi connectivity index (χ1v) is 26.2. The number of rotatable bonds is 5. The fourth-order valence-corrected chi connectivity index (χ4v) is 89.0. The molecule has 0 radical (unpaired) electrons. The molecule has 3 aliphatic heterocycles. The third kappa shape index (κ3) is 4.67. The largest absolute Gasteiger partial charge is 0.415 e. The van der Waals surface area contributed by atoms with Gasteiger partial charge < -0.3 is 13.3 Å². The predicted molar refractivity (Wildman–Crippen MR) is 143 cm³/mol. The molecule has 3 saturated heterocycles. The second kappa shape index (κ2) is 8.45. The van der Waals surface area contributed by atoms with Gasteiger partial charge in [0.05, 0.1) is 16.8 Å². The van der Waals surface area contributed by atoms with Gasteiger partial charge in [-0.05, 0) is 98.6 Å². The summed E-state index contributed by atoms with van der Waals surface area (Å²) in [6, 6.07) is 5.44. The Balaban J connectivity index is 2.25. The molecule has 3 nitrogen and oxygen atoms in total. The van der Waals surface area contributed by atoms with Crippen LogP contribution in [0.4, 0.5) is 0 Å². The molecule has 182 valence electrons.